The van der Waals surface area contributed by atoms with Crippen molar-refractivity contribution in [2.24, 2.45) is 11.8 Å². The number of aliphatic hydroxyl groups is 4. The maximum Gasteiger partial charge on any atom is 0.160 e. The largest absolute Gasteiger partial charge is 0.394 e. The fourth-order valence-corrected chi connectivity index (χ4v) is 1.84. The average Bonchev–Trinajstić information content (AvgIpc) is 2.10. The molecule has 14 heavy (non-hydrogen) atoms. The molecule has 0 aliphatic carbocycles. The Hall–Kier alpha value is -0.200. The van der Waals surface area contributed by atoms with Gasteiger partial charge in [-0.2, -0.15) is 0 Å². The van der Waals surface area contributed by atoms with Gasteiger partial charge in [0.15, 0.2) is 6.29 Å². The van der Waals surface area contributed by atoms with Crippen LogP contribution in [0.1, 0.15) is 13.8 Å². The number of ether oxygens (including phenoxy) is 1. The van der Waals surface area contributed by atoms with E-state index in [0.29, 0.717) is 0 Å². The molecule has 0 spiro atoms. The van der Waals surface area contributed by atoms with Crippen molar-refractivity contribution in [3.63, 3.8) is 0 Å². The predicted molar refractivity (Wildman–Crippen MR) is 48.3 cm³/mol. The van der Waals surface area contributed by atoms with Crippen LogP contribution in [0.15, 0.2) is 0 Å². The molecule has 0 saturated carbocycles. The van der Waals surface area contributed by atoms with Gasteiger partial charge < -0.3 is 25.2 Å². The monoisotopic (exact) mass is 206 g/mol. The van der Waals surface area contributed by atoms with Crippen molar-refractivity contribution in [1.29, 1.82) is 0 Å². The topological polar surface area (TPSA) is 90.2 Å². The summed E-state index contributed by atoms with van der Waals surface area (Å²) < 4.78 is 4.99. The summed E-state index contributed by atoms with van der Waals surface area (Å²) in [5, 5.41) is 37.5. The van der Waals surface area contributed by atoms with E-state index < -0.39 is 37.1 Å². The van der Waals surface area contributed by atoms with Crippen molar-refractivity contribution in [2.75, 3.05) is 6.61 Å². The van der Waals surface area contributed by atoms with E-state index in [1.165, 1.54) is 0 Å². The zero-order valence-corrected chi connectivity index (χ0v) is 8.37. The second-order valence-electron chi connectivity index (χ2n) is 4.05. The highest BCUT2D eigenvalue weighted by Crippen LogP contribution is 2.30. The summed E-state index contributed by atoms with van der Waals surface area (Å²) in [6.07, 6.45) is -4.24. The van der Waals surface area contributed by atoms with Crippen molar-refractivity contribution in [1.82, 2.24) is 0 Å². The minimum atomic E-state index is -1.14. The van der Waals surface area contributed by atoms with Gasteiger partial charge in [-0.15, -0.1) is 0 Å². The average molecular weight is 206 g/mol. The third-order valence-corrected chi connectivity index (χ3v) is 2.72. The molecule has 1 fully saturated rings. The SMILES string of the molecule is CC(C)C1[C@H](O)OC(CO)[C@@H](O)[C@@H]1O. The lowest BCUT2D eigenvalue weighted by Crippen LogP contribution is -2.56. The van der Waals surface area contributed by atoms with Gasteiger partial charge in [0, 0.05) is 5.92 Å². The van der Waals surface area contributed by atoms with E-state index >= 15 is 0 Å². The molecule has 84 valence electrons. The zero-order valence-electron chi connectivity index (χ0n) is 8.37. The standard InChI is InChI=1S/C9H18O5/c1-4(2)6-8(12)7(11)5(3-10)14-9(6)13/h4-13H,3H2,1-2H3/t5?,6?,7-,8-,9-/m1/s1. The maximum absolute atomic E-state index is 9.68. The Morgan fingerprint density at radius 1 is 1.14 bits per heavy atom. The summed E-state index contributed by atoms with van der Waals surface area (Å²) in [7, 11) is 0. The van der Waals surface area contributed by atoms with Gasteiger partial charge >= 0.3 is 0 Å². The molecule has 5 heteroatoms. The van der Waals surface area contributed by atoms with E-state index in [4.69, 9.17) is 9.84 Å². The fourth-order valence-electron chi connectivity index (χ4n) is 1.84. The quantitative estimate of drug-likeness (QED) is 0.450. The molecule has 0 aromatic carbocycles. The van der Waals surface area contributed by atoms with E-state index in [9.17, 15) is 15.3 Å². The van der Waals surface area contributed by atoms with Gasteiger partial charge in [0.1, 0.15) is 12.2 Å². The van der Waals surface area contributed by atoms with Crippen LogP contribution in [-0.2, 0) is 4.74 Å². The predicted octanol–water partition coefficient (Wildman–Crippen LogP) is -1.31. The van der Waals surface area contributed by atoms with E-state index in [1.54, 1.807) is 0 Å². The molecule has 1 aliphatic rings. The molecule has 0 radical (unpaired) electrons. The third kappa shape index (κ3) is 2.07. The summed E-state index contributed by atoms with van der Waals surface area (Å²) in [5.41, 5.74) is 0. The van der Waals surface area contributed by atoms with Gasteiger partial charge in [0.05, 0.1) is 12.7 Å². The highest BCUT2D eigenvalue weighted by molar-refractivity contribution is 4.89. The molecule has 1 rings (SSSR count). The molecule has 0 aromatic rings. The number of aliphatic hydroxyl groups excluding tert-OH is 4. The van der Waals surface area contributed by atoms with Gasteiger partial charge in [-0.3, -0.25) is 0 Å². The van der Waals surface area contributed by atoms with Crippen LogP contribution in [0, 0.1) is 11.8 Å². The molecular weight excluding hydrogens is 188 g/mol. The zero-order chi connectivity index (χ0) is 10.9. The van der Waals surface area contributed by atoms with Crippen LogP contribution in [-0.4, -0.2) is 51.6 Å². The Balaban J connectivity index is 2.74. The van der Waals surface area contributed by atoms with E-state index in [0.717, 1.165) is 0 Å². The normalized spacial score (nSPS) is 44.4. The van der Waals surface area contributed by atoms with Crippen LogP contribution < -0.4 is 0 Å². The molecule has 2 unspecified atom stereocenters. The summed E-state index contributed by atoms with van der Waals surface area (Å²) in [6, 6.07) is 0. The Morgan fingerprint density at radius 2 is 1.71 bits per heavy atom. The summed E-state index contributed by atoms with van der Waals surface area (Å²) in [5.74, 6) is -0.526. The molecule has 1 aliphatic heterocycles. The van der Waals surface area contributed by atoms with Crippen LogP contribution in [0.2, 0.25) is 0 Å². The molecule has 5 atom stereocenters. The lowest BCUT2D eigenvalue weighted by Gasteiger charge is -2.41. The number of hydrogen-bond acceptors (Lipinski definition) is 5. The second kappa shape index (κ2) is 4.55. The van der Waals surface area contributed by atoms with Gasteiger partial charge in [-0.05, 0) is 5.92 Å². The number of rotatable bonds is 2. The van der Waals surface area contributed by atoms with Crippen molar-refractivity contribution >= 4 is 0 Å². The maximum atomic E-state index is 9.68. The van der Waals surface area contributed by atoms with Crippen molar-refractivity contribution in [3.05, 3.63) is 0 Å². The fraction of sp³-hybridized carbons (Fsp3) is 1.00. The van der Waals surface area contributed by atoms with Gasteiger partial charge in [0.2, 0.25) is 0 Å². The first-order valence-corrected chi connectivity index (χ1v) is 4.79. The Morgan fingerprint density at radius 3 is 2.14 bits per heavy atom. The first-order valence-electron chi connectivity index (χ1n) is 4.79. The van der Waals surface area contributed by atoms with Gasteiger partial charge in [0.25, 0.3) is 0 Å². The van der Waals surface area contributed by atoms with Gasteiger partial charge in [-0.1, -0.05) is 13.8 Å². The van der Waals surface area contributed by atoms with Crippen molar-refractivity contribution in [3.8, 4) is 0 Å². The molecule has 5 nitrogen and oxygen atoms in total. The first kappa shape index (κ1) is 11.9. The minimum Gasteiger partial charge on any atom is -0.394 e. The third-order valence-electron chi connectivity index (χ3n) is 2.72. The van der Waals surface area contributed by atoms with Crippen LogP contribution >= 0.6 is 0 Å². The van der Waals surface area contributed by atoms with Crippen molar-refractivity contribution < 1.29 is 25.2 Å². The second-order valence-corrected chi connectivity index (χ2v) is 4.05. The molecule has 4 N–H and O–H groups in total. The molecular formula is C9H18O5. The Kier molecular flexibility index (Phi) is 3.86. The van der Waals surface area contributed by atoms with E-state index in [1.807, 2.05) is 13.8 Å². The molecule has 1 heterocycles. The Bertz CT molecular complexity index is 184. The Labute approximate surface area is 82.9 Å². The van der Waals surface area contributed by atoms with Gasteiger partial charge in [-0.25, -0.2) is 0 Å². The minimum absolute atomic E-state index is 0.00528. The highest BCUT2D eigenvalue weighted by Gasteiger charge is 2.44. The smallest absolute Gasteiger partial charge is 0.160 e. The summed E-state index contributed by atoms with van der Waals surface area (Å²) >= 11 is 0. The number of hydrogen-bond donors (Lipinski definition) is 4. The van der Waals surface area contributed by atoms with Crippen LogP contribution in [0.3, 0.4) is 0 Å². The van der Waals surface area contributed by atoms with Crippen LogP contribution in [0.25, 0.3) is 0 Å². The lowest BCUT2D eigenvalue weighted by atomic mass is 9.83. The van der Waals surface area contributed by atoms with Crippen LogP contribution in [0.5, 0.6) is 0 Å². The molecule has 0 bridgehead atoms. The molecule has 0 amide bonds. The summed E-state index contributed by atoms with van der Waals surface area (Å²) in [4.78, 5) is 0. The van der Waals surface area contributed by atoms with E-state index in [-0.39, 0.29) is 5.92 Å². The lowest BCUT2D eigenvalue weighted by molar-refractivity contribution is -0.277. The van der Waals surface area contributed by atoms with E-state index in [2.05, 4.69) is 0 Å². The first-order chi connectivity index (χ1) is 6.49. The van der Waals surface area contributed by atoms with Crippen LogP contribution in [0.4, 0.5) is 0 Å². The van der Waals surface area contributed by atoms with Crippen molar-refractivity contribution in [2.45, 2.75) is 38.4 Å². The molecule has 1 saturated heterocycles. The highest BCUT2D eigenvalue weighted by atomic mass is 16.6. The molecule has 0 aromatic heterocycles. The summed E-state index contributed by atoms with van der Waals surface area (Å²) in [6.45, 7) is 3.24.